The Kier molecular flexibility index (Phi) is 5.47. The molecule has 0 atom stereocenters. The van der Waals surface area contributed by atoms with Gasteiger partial charge in [-0.25, -0.2) is 13.2 Å². The summed E-state index contributed by atoms with van der Waals surface area (Å²) in [6, 6.07) is 11.6. The van der Waals surface area contributed by atoms with Crippen molar-refractivity contribution in [3.8, 4) is 0 Å². The summed E-state index contributed by atoms with van der Waals surface area (Å²) >= 11 is 4.94. The normalized spacial score (nSPS) is 11.2. The lowest BCUT2D eigenvalue weighted by atomic mass is 10.2. The summed E-state index contributed by atoms with van der Waals surface area (Å²) in [6.07, 6.45) is 0. The summed E-state index contributed by atoms with van der Waals surface area (Å²) in [5, 5.41) is 4.62. The maximum absolute atomic E-state index is 13.8. The molecule has 0 saturated carbocycles. The summed E-state index contributed by atoms with van der Waals surface area (Å²) in [5.74, 6) is -2.65. The van der Waals surface area contributed by atoms with Crippen molar-refractivity contribution < 1.29 is 18.0 Å². The number of halogens is 4. The fraction of sp³-hybridized carbons (Fsp3) is 0.0952. The first kappa shape index (κ1) is 19.7. The van der Waals surface area contributed by atoms with E-state index in [2.05, 4.69) is 21.2 Å². The van der Waals surface area contributed by atoms with Crippen molar-refractivity contribution >= 4 is 43.4 Å². The monoisotopic (exact) mass is 478 g/mol. The van der Waals surface area contributed by atoms with E-state index < -0.39 is 17.5 Å². The molecule has 0 aliphatic rings. The lowest BCUT2D eigenvalue weighted by Gasteiger charge is -2.12. The summed E-state index contributed by atoms with van der Waals surface area (Å²) in [4.78, 5) is 12.8. The molecule has 4 aromatic rings. The van der Waals surface area contributed by atoms with E-state index in [9.17, 15) is 18.0 Å². The average molecular weight is 479 g/mol. The summed E-state index contributed by atoms with van der Waals surface area (Å²) in [6.45, 7) is 0.217. The molecule has 3 nitrogen and oxygen atoms in total. The molecule has 2 heterocycles. The molecule has 0 radical (unpaired) electrons. The fourth-order valence-corrected chi connectivity index (χ4v) is 4.80. The van der Waals surface area contributed by atoms with Gasteiger partial charge >= 0.3 is 0 Å². The first-order valence-corrected chi connectivity index (χ1v) is 10.3. The van der Waals surface area contributed by atoms with Crippen LogP contribution in [0.4, 0.5) is 13.2 Å². The quantitative estimate of drug-likeness (QED) is 0.382. The molecule has 8 heteroatoms. The molecule has 1 amide bonds. The van der Waals surface area contributed by atoms with Crippen LogP contribution in [0.3, 0.4) is 0 Å². The second-order valence-electron chi connectivity index (χ2n) is 6.43. The van der Waals surface area contributed by atoms with Gasteiger partial charge in [0, 0.05) is 24.0 Å². The number of amides is 1. The number of benzene rings is 2. The number of carbonyl (C=O) groups is 1. The molecular formula is C21H14BrF3N2OS. The summed E-state index contributed by atoms with van der Waals surface area (Å²) < 4.78 is 44.1. The van der Waals surface area contributed by atoms with Crippen LogP contribution in [0.15, 0.2) is 58.4 Å². The number of nitrogens with zero attached hydrogens (tertiary/aromatic N) is 1. The van der Waals surface area contributed by atoms with Crippen LogP contribution in [0, 0.1) is 17.5 Å². The third-order valence-electron chi connectivity index (χ3n) is 4.53. The van der Waals surface area contributed by atoms with Gasteiger partial charge in [-0.1, -0.05) is 24.3 Å². The zero-order valence-corrected chi connectivity index (χ0v) is 17.3. The number of aromatic nitrogens is 1. The Morgan fingerprint density at radius 1 is 1.03 bits per heavy atom. The van der Waals surface area contributed by atoms with Gasteiger partial charge in [0.05, 0.1) is 14.7 Å². The zero-order valence-electron chi connectivity index (χ0n) is 14.9. The van der Waals surface area contributed by atoms with Gasteiger partial charge in [0.2, 0.25) is 0 Å². The van der Waals surface area contributed by atoms with Crippen LogP contribution in [0.5, 0.6) is 0 Å². The van der Waals surface area contributed by atoms with E-state index in [1.807, 2.05) is 5.38 Å². The minimum Gasteiger partial charge on any atom is -0.347 e. The first-order chi connectivity index (χ1) is 13.9. The number of thiophene rings is 1. The van der Waals surface area contributed by atoms with Gasteiger partial charge < -0.3 is 9.88 Å². The minimum absolute atomic E-state index is 0.0384. The lowest BCUT2D eigenvalue weighted by Crippen LogP contribution is -2.26. The molecule has 0 saturated heterocycles. The number of hydrogen-bond acceptors (Lipinski definition) is 2. The van der Waals surface area contributed by atoms with E-state index in [1.165, 1.54) is 23.5 Å². The molecule has 1 N–H and O–H groups in total. The van der Waals surface area contributed by atoms with Crippen LogP contribution in [0.2, 0.25) is 0 Å². The molecule has 0 aliphatic heterocycles. The molecule has 0 aliphatic carbocycles. The molecule has 2 aromatic heterocycles. The molecule has 0 bridgehead atoms. The van der Waals surface area contributed by atoms with Gasteiger partial charge in [-0.2, -0.15) is 0 Å². The van der Waals surface area contributed by atoms with E-state index in [0.717, 1.165) is 26.8 Å². The van der Waals surface area contributed by atoms with Crippen molar-refractivity contribution in [2.75, 3.05) is 0 Å². The maximum atomic E-state index is 13.8. The van der Waals surface area contributed by atoms with Crippen molar-refractivity contribution in [1.29, 1.82) is 0 Å². The Morgan fingerprint density at radius 3 is 2.59 bits per heavy atom. The van der Waals surface area contributed by atoms with E-state index in [4.69, 9.17) is 0 Å². The van der Waals surface area contributed by atoms with Crippen LogP contribution >= 0.6 is 27.3 Å². The maximum Gasteiger partial charge on any atom is 0.268 e. The molecular weight excluding hydrogens is 465 g/mol. The number of rotatable bonds is 5. The van der Waals surface area contributed by atoms with E-state index in [0.29, 0.717) is 16.8 Å². The lowest BCUT2D eigenvalue weighted by molar-refractivity contribution is 0.0942. The summed E-state index contributed by atoms with van der Waals surface area (Å²) in [7, 11) is 0. The fourth-order valence-electron chi connectivity index (χ4n) is 3.11. The highest BCUT2D eigenvalue weighted by molar-refractivity contribution is 9.10. The third-order valence-corrected chi connectivity index (χ3v) is 6.36. The van der Waals surface area contributed by atoms with Gasteiger partial charge in [0.25, 0.3) is 5.91 Å². The van der Waals surface area contributed by atoms with Crippen molar-refractivity contribution in [2.45, 2.75) is 13.1 Å². The highest BCUT2D eigenvalue weighted by atomic mass is 79.9. The van der Waals surface area contributed by atoms with Gasteiger partial charge in [-0.15, -0.1) is 11.3 Å². The SMILES string of the molecule is O=C(NCc1ccccc1F)c1cc2scc(Br)c2n1Cc1ccc(F)c(F)c1. The van der Waals surface area contributed by atoms with Crippen LogP contribution in [0.25, 0.3) is 10.2 Å². The number of carbonyl (C=O) groups excluding carboxylic acids is 1. The second kappa shape index (κ2) is 8.04. The van der Waals surface area contributed by atoms with E-state index in [-0.39, 0.29) is 19.0 Å². The van der Waals surface area contributed by atoms with E-state index >= 15 is 0 Å². The third kappa shape index (κ3) is 3.95. The Labute approximate surface area is 176 Å². The zero-order chi connectivity index (χ0) is 20.5. The highest BCUT2D eigenvalue weighted by Gasteiger charge is 2.19. The first-order valence-electron chi connectivity index (χ1n) is 8.66. The largest absolute Gasteiger partial charge is 0.347 e. The summed E-state index contributed by atoms with van der Waals surface area (Å²) in [5.41, 5.74) is 2.04. The molecule has 0 fully saturated rings. The highest BCUT2D eigenvalue weighted by Crippen LogP contribution is 2.34. The Morgan fingerprint density at radius 2 is 1.83 bits per heavy atom. The Hall–Kier alpha value is -2.58. The standard InChI is InChI=1S/C21H14BrF3N2OS/c22-14-11-29-19-8-18(21(28)26-9-13-3-1-2-4-15(13)23)27(20(14)19)10-12-5-6-16(24)17(25)7-12/h1-8,11H,9-10H2,(H,26,28). The Balaban J connectivity index is 1.66. The average Bonchev–Trinajstić information content (AvgIpc) is 3.24. The molecule has 0 spiro atoms. The molecule has 148 valence electrons. The minimum atomic E-state index is -0.944. The van der Waals surface area contributed by atoms with Crippen molar-refractivity contribution in [3.05, 3.63) is 92.7 Å². The van der Waals surface area contributed by atoms with Gasteiger partial charge in [-0.3, -0.25) is 4.79 Å². The Bertz CT molecular complexity index is 1220. The van der Waals surface area contributed by atoms with Crippen molar-refractivity contribution in [3.63, 3.8) is 0 Å². The molecule has 29 heavy (non-hydrogen) atoms. The molecule has 2 aromatic carbocycles. The van der Waals surface area contributed by atoms with Gasteiger partial charge in [0.15, 0.2) is 11.6 Å². The predicted octanol–water partition coefficient (Wildman–Crippen LogP) is 5.86. The smallest absolute Gasteiger partial charge is 0.268 e. The van der Waals surface area contributed by atoms with Crippen molar-refractivity contribution in [2.24, 2.45) is 0 Å². The van der Waals surface area contributed by atoms with Crippen LogP contribution in [-0.4, -0.2) is 10.5 Å². The number of nitrogens with one attached hydrogen (secondary N) is 1. The number of fused-ring (bicyclic) bond motifs is 1. The van der Waals surface area contributed by atoms with Crippen LogP contribution < -0.4 is 5.32 Å². The van der Waals surface area contributed by atoms with Crippen molar-refractivity contribution in [1.82, 2.24) is 9.88 Å². The number of hydrogen-bond donors (Lipinski definition) is 1. The van der Waals surface area contributed by atoms with Gasteiger partial charge in [0.1, 0.15) is 11.5 Å². The molecule has 0 unspecified atom stereocenters. The topological polar surface area (TPSA) is 34.0 Å². The van der Waals surface area contributed by atoms with Crippen LogP contribution in [-0.2, 0) is 13.1 Å². The van der Waals surface area contributed by atoms with Crippen LogP contribution in [0.1, 0.15) is 21.6 Å². The second-order valence-corrected chi connectivity index (χ2v) is 8.20. The molecule has 4 rings (SSSR count). The van der Waals surface area contributed by atoms with E-state index in [1.54, 1.807) is 28.8 Å². The predicted molar refractivity (Wildman–Crippen MR) is 111 cm³/mol. The van der Waals surface area contributed by atoms with Gasteiger partial charge in [-0.05, 0) is 45.8 Å².